The van der Waals surface area contributed by atoms with E-state index in [2.05, 4.69) is 0 Å². The molecule has 0 aliphatic heterocycles. The molecule has 0 saturated carbocycles. The first-order chi connectivity index (χ1) is 8.11. The molecule has 0 fully saturated rings. The van der Waals surface area contributed by atoms with E-state index < -0.39 is 17.5 Å². The van der Waals surface area contributed by atoms with E-state index in [0.29, 0.717) is 6.29 Å². The third-order valence-electron chi connectivity index (χ3n) is 2.32. The maximum Gasteiger partial charge on any atom is 0.166 e. The third-order valence-corrected chi connectivity index (χ3v) is 2.32. The van der Waals surface area contributed by atoms with Crippen LogP contribution in [-0.2, 0) is 0 Å². The second-order valence-electron chi connectivity index (χ2n) is 3.49. The molecule has 0 N–H and O–H groups in total. The van der Waals surface area contributed by atoms with Gasteiger partial charge in [-0.2, -0.15) is 0 Å². The van der Waals surface area contributed by atoms with Crippen LogP contribution in [0.3, 0.4) is 0 Å². The number of carbonyl (C=O) groups excluding carboxylic acids is 1. The molecule has 0 aliphatic carbocycles. The number of hydrogen-bond donors (Lipinski definition) is 0. The Bertz CT molecular complexity index is 579. The van der Waals surface area contributed by atoms with E-state index in [1.165, 1.54) is 18.2 Å². The number of aldehydes is 1. The molecule has 4 heteroatoms. The molecule has 0 aromatic heterocycles. The van der Waals surface area contributed by atoms with E-state index in [1.807, 2.05) is 0 Å². The summed E-state index contributed by atoms with van der Waals surface area (Å²) in [5.74, 6) is -2.75. The Hall–Kier alpha value is -2.10. The molecule has 86 valence electrons. The lowest BCUT2D eigenvalue weighted by Crippen LogP contribution is -1.91. The van der Waals surface area contributed by atoms with Crippen LogP contribution in [0.5, 0.6) is 0 Å². The highest BCUT2D eigenvalue weighted by Gasteiger charge is 2.11. The maximum atomic E-state index is 13.5. The van der Waals surface area contributed by atoms with Crippen molar-refractivity contribution in [3.8, 4) is 11.1 Å². The fourth-order valence-electron chi connectivity index (χ4n) is 1.56. The number of carbonyl (C=O) groups is 1. The monoisotopic (exact) mass is 236 g/mol. The molecular weight excluding hydrogens is 229 g/mol. The lowest BCUT2D eigenvalue weighted by molar-refractivity contribution is 0.112. The molecule has 0 atom stereocenters. The van der Waals surface area contributed by atoms with Crippen molar-refractivity contribution < 1.29 is 18.0 Å². The lowest BCUT2D eigenvalue weighted by Gasteiger charge is -2.05. The highest BCUT2D eigenvalue weighted by molar-refractivity contribution is 5.79. The molecule has 17 heavy (non-hydrogen) atoms. The average Bonchev–Trinajstić information content (AvgIpc) is 2.31. The van der Waals surface area contributed by atoms with Gasteiger partial charge in [0.2, 0.25) is 0 Å². The van der Waals surface area contributed by atoms with Gasteiger partial charge in [0, 0.05) is 11.1 Å². The Morgan fingerprint density at radius 1 is 1.00 bits per heavy atom. The van der Waals surface area contributed by atoms with Crippen molar-refractivity contribution >= 4 is 6.29 Å². The van der Waals surface area contributed by atoms with Gasteiger partial charge in [0.25, 0.3) is 0 Å². The predicted molar refractivity (Wildman–Crippen MR) is 57.1 cm³/mol. The van der Waals surface area contributed by atoms with Crippen molar-refractivity contribution in [3.63, 3.8) is 0 Å². The smallest absolute Gasteiger partial charge is 0.166 e. The van der Waals surface area contributed by atoms with E-state index in [9.17, 15) is 18.0 Å². The second kappa shape index (κ2) is 4.41. The van der Waals surface area contributed by atoms with Crippen LogP contribution in [0.25, 0.3) is 11.1 Å². The number of halogens is 3. The van der Waals surface area contributed by atoms with Gasteiger partial charge in [0.05, 0.1) is 0 Å². The van der Waals surface area contributed by atoms with Crippen molar-refractivity contribution in [2.75, 3.05) is 0 Å². The Morgan fingerprint density at radius 2 is 1.76 bits per heavy atom. The van der Waals surface area contributed by atoms with Crippen LogP contribution < -0.4 is 0 Å². The highest BCUT2D eigenvalue weighted by Crippen LogP contribution is 2.25. The van der Waals surface area contributed by atoms with Gasteiger partial charge in [-0.3, -0.25) is 4.79 Å². The van der Waals surface area contributed by atoms with Crippen LogP contribution in [0, 0.1) is 17.5 Å². The minimum Gasteiger partial charge on any atom is -0.298 e. The van der Waals surface area contributed by atoms with Gasteiger partial charge in [0.15, 0.2) is 11.6 Å². The summed E-state index contributed by atoms with van der Waals surface area (Å²) in [5, 5.41) is 0. The van der Waals surface area contributed by atoms with E-state index in [0.717, 1.165) is 18.2 Å². The van der Waals surface area contributed by atoms with E-state index in [1.54, 1.807) is 0 Å². The molecule has 0 heterocycles. The summed E-state index contributed by atoms with van der Waals surface area (Å²) in [5.41, 5.74) is 0.125. The van der Waals surface area contributed by atoms with Crippen molar-refractivity contribution in [2.24, 2.45) is 0 Å². The molecule has 0 spiro atoms. The molecular formula is C13H7F3O. The zero-order chi connectivity index (χ0) is 12.4. The maximum absolute atomic E-state index is 13.5. The average molecular weight is 236 g/mol. The quantitative estimate of drug-likeness (QED) is 0.728. The first-order valence-corrected chi connectivity index (χ1v) is 4.82. The lowest BCUT2D eigenvalue weighted by atomic mass is 10.0. The number of hydrogen-bond acceptors (Lipinski definition) is 1. The van der Waals surface area contributed by atoms with Crippen LogP contribution in [0.4, 0.5) is 13.2 Å². The predicted octanol–water partition coefficient (Wildman–Crippen LogP) is 3.58. The van der Waals surface area contributed by atoms with Crippen molar-refractivity contribution in [2.45, 2.75) is 0 Å². The zero-order valence-corrected chi connectivity index (χ0v) is 8.58. The molecule has 0 saturated heterocycles. The highest BCUT2D eigenvalue weighted by atomic mass is 19.2. The zero-order valence-electron chi connectivity index (χ0n) is 8.58. The van der Waals surface area contributed by atoms with E-state index in [4.69, 9.17) is 0 Å². The molecule has 0 unspecified atom stereocenters. The van der Waals surface area contributed by atoms with Gasteiger partial charge in [-0.05, 0) is 29.8 Å². The minimum absolute atomic E-state index is 0.0728. The largest absolute Gasteiger partial charge is 0.298 e. The van der Waals surface area contributed by atoms with Gasteiger partial charge in [-0.1, -0.05) is 12.1 Å². The standard InChI is InChI=1S/C13H7F3O/c14-10-5-8(7-17)4-9(6-10)11-2-1-3-12(15)13(11)16/h1-7H. The molecule has 2 rings (SSSR count). The first-order valence-electron chi connectivity index (χ1n) is 4.82. The first kappa shape index (κ1) is 11.4. The number of rotatable bonds is 2. The summed E-state index contributed by atoms with van der Waals surface area (Å²) < 4.78 is 39.6. The van der Waals surface area contributed by atoms with Crippen LogP contribution >= 0.6 is 0 Å². The summed E-state index contributed by atoms with van der Waals surface area (Å²) in [7, 11) is 0. The van der Waals surface area contributed by atoms with Crippen molar-refractivity contribution in [1.82, 2.24) is 0 Å². The Kier molecular flexibility index (Phi) is 2.95. The third kappa shape index (κ3) is 2.20. The van der Waals surface area contributed by atoms with Crippen LogP contribution in [0.2, 0.25) is 0 Å². The molecule has 0 radical (unpaired) electrons. The van der Waals surface area contributed by atoms with Crippen LogP contribution in [-0.4, -0.2) is 6.29 Å². The topological polar surface area (TPSA) is 17.1 Å². The van der Waals surface area contributed by atoms with Crippen LogP contribution in [0.15, 0.2) is 36.4 Å². The summed E-state index contributed by atoms with van der Waals surface area (Å²) in [4.78, 5) is 10.6. The van der Waals surface area contributed by atoms with Gasteiger partial charge in [0.1, 0.15) is 12.1 Å². The molecule has 2 aromatic rings. The van der Waals surface area contributed by atoms with Gasteiger partial charge < -0.3 is 0 Å². The van der Waals surface area contributed by atoms with E-state index >= 15 is 0 Å². The van der Waals surface area contributed by atoms with Crippen LogP contribution in [0.1, 0.15) is 10.4 Å². The summed E-state index contributed by atoms with van der Waals surface area (Å²) >= 11 is 0. The molecule has 2 aromatic carbocycles. The van der Waals surface area contributed by atoms with E-state index in [-0.39, 0.29) is 16.7 Å². The normalized spacial score (nSPS) is 10.3. The van der Waals surface area contributed by atoms with Gasteiger partial charge >= 0.3 is 0 Å². The fraction of sp³-hybridized carbons (Fsp3) is 0. The Labute approximate surface area is 95.5 Å². The second-order valence-corrected chi connectivity index (χ2v) is 3.49. The van der Waals surface area contributed by atoms with Gasteiger partial charge in [-0.25, -0.2) is 13.2 Å². The summed E-state index contributed by atoms with van der Waals surface area (Å²) in [6, 6.07) is 6.98. The SMILES string of the molecule is O=Cc1cc(F)cc(-c2cccc(F)c2F)c1. The molecule has 1 nitrogen and oxygen atoms in total. The summed E-state index contributed by atoms with van der Waals surface area (Å²) in [6.07, 6.45) is 0.448. The van der Waals surface area contributed by atoms with Crippen molar-refractivity contribution in [3.05, 3.63) is 59.4 Å². The van der Waals surface area contributed by atoms with Crippen molar-refractivity contribution in [1.29, 1.82) is 0 Å². The fourth-order valence-corrected chi connectivity index (χ4v) is 1.56. The summed E-state index contributed by atoms with van der Waals surface area (Å²) in [6.45, 7) is 0. The Balaban J connectivity index is 2.64. The number of benzene rings is 2. The Morgan fingerprint density at radius 3 is 2.47 bits per heavy atom. The minimum atomic E-state index is -1.06. The molecule has 0 amide bonds. The van der Waals surface area contributed by atoms with Gasteiger partial charge in [-0.15, -0.1) is 0 Å². The molecule has 0 bridgehead atoms. The molecule has 0 aliphatic rings.